The lowest BCUT2D eigenvalue weighted by Crippen LogP contribution is -2.49. The summed E-state index contributed by atoms with van der Waals surface area (Å²) < 4.78 is 4.98. The van der Waals surface area contributed by atoms with E-state index in [4.69, 9.17) is 9.84 Å². The Morgan fingerprint density at radius 2 is 1.78 bits per heavy atom. The Bertz CT molecular complexity index is 422. The summed E-state index contributed by atoms with van der Waals surface area (Å²) in [5.74, 6) is -0.722. The maximum atomic E-state index is 11.6. The van der Waals surface area contributed by atoms with Gasteiger partial charge in [-0.15, -0.1) is 0 Å². The van der Waals surface area contributed by atoms with Gasteiger partial charge in [-0.25, -0.2) is 9.59 Å². The van der Waals surface area contributed by atoms with Gasteiger partial charge in [-0.05, 0) is 17.5 Å². The fourth-order valence-electron chi connectivity index (χ4n) is 1.39. The van der Waals surface area contributed by atoms with Gasteiger partial charge in [0.25, 0.3) is 0 Å². The summed E-state index contributed by atoms with van der Waals surface area (Å²) in [5, 5.41) is 11.4. The highest BCUT2D eigenvalue weighted by Gasteiger charge is 2.33. The molecule has 0 saturated carbocycles. The van der Waals surface area contributed by atoms with Crippen LogP contribution in [0.1, 0.15) is 20.8 Å². The van der Waals surface area contributed by atoms with Crippen LogP contribution in [-0.2, 0) is 4.79 Å². The molecule has 0 unspecified atom stereocenters. The minimum Gasteiger partial charge on any atom is -0.480 e. The molecule has 1 aromatic rings. The zero-order valence-corrected chi connectivity index (χ0v) is 10.6. The lowest BCUT2D eigenvalue weighted by atomic mass is 9.87. The molecule has 0 aromatic heterocycles. The lowest BCUT2D eigenvalue weighted by molar-refractivity contribution is -0.142. The van der Waals surface area contributed by atoms with E-state index in [9.17, 15) is 9.59 Å². The van der Waals surface area contributed by atoms with Crippen molar-refractivity contribution in [1.29, 1.82) is 0 Å². The number of nitrogens with one attached hydrogen (secondary N) is 1. The molecule has 18 heavy (non-hydrogen) atoms. The van der Waals surface area contributed by atoms with Crippen molar-refractivity contribution < 1.29 is 19.4 Å². The van der Waals surface area contributed by atoms with Crippen molar-refractivity contribution >= 4 is 12.1 Å². The number of carboxylic acids is 1. The molecule has 0 aliphatic rings. The highest BCUT2D eigenvalue weighted by molar-refractivity contribution is 5.81. The average Bonchev–Trinajstić information content (AvgIpc) is 2.25. The van der Waals surface area contributed by atoms with Crippen LogP contribution in [0.5, 0.6) is 5.75 Å². The second-order valence-corrected chi connectivity index (χ2v) is 4.98. The summed E-state index contributed by atoms with van der Waals surface area (Å²) >= 11 is 0. The Labute approximate surface area is 106 Å². The van der Waals surface area contributed by atoms with Crippen molar-refractivity contribution in [3.63, 3.8) is 0 Å². The van der Waals surface area contributed by atoms with Crippen LogP contribution in [-0.4, -0.2) is 23.2 Å². The van der Waals surface area contributed by atoms with Crippen LogP contribution < -0.4 is 10.1 Å². The molecule has 1 amide bonds. The van der Waals surface area contributed by atoms with Crippen molar-refractivity contribution in [1.82, 2.24) is 5.32 Å². The number of carbonyl (C=O) groups excluding carboxylic acids is 1. The molecule has 0 aliphatic heterocycles. The van der Waals surface area contributed by atoms with Gasteiger partial charge in [0.2, 0.25) is 0 Å². The number of carbonyl (C=O) groups is 2. The predicted octanol–water partition coefficient (Wildman–Crippen LogP) is 2.27. The van der Waals surface area contributed by atoms with E-state index in [2.05, 4.69) is 5.32 Å². The number of rotatable bonds is 3. The van der Waals surface area contributed by atoms with Gasteiger partial charge in [0, 0.05) is 0 Å². The summed E-state index contributed by atoms with van der Waals surface area (Å²) in [6, 6.07) is 7.47. The van der Waals surface area contributed by atoms with Crippen molar-refractivity contribution in [2.75, 3.05) is 0 Å². The third-order valence-electron chi connectivity index (χ3n) is 2.33. The minimum absolute atomic E-state index is 0.369. The first-order valence-corrected chi connectivity index (χ1v) is 5.57. The summed E-state index contributed by atoms with van der Waals surface area (Å²) in [6.07, 6.45) is -0.775. The van der Waals surface area contributed by atoms with Crippen molar-refractivity contribution in [2.24, 2.45) is 5.41 Å². The number of aliphatic carboxylic acids is 1. The van der Waals surface area contributed by atoms with Gasteiger partial charge >= 0.3 is 12.1 Å². The molecule has 0 spiro atoms. The molecule has 98 valence electrons. The van der Waals surface area contributed by atoms with E-state index < -0.39 is 23.5 Å². The van der Waals surface area contributed by atoms with Gasteiger partial charge in [-0.1, -0.05) is 39.0 Å². The van der Waals surface area contributed by atoms with E-state index in [0.29, 0.717) is 5.75 Å². The van der Waals surface area contributed by atoms with Gasteiger partial charge in [0.15, 0.2) is 0 Å². The molecule has 0 saturated heterocycles. The Balaban J connectivity index is 2.66. The Kier molecular flexibility index (Phi) is 4.31. The number of benzene rings is 1. The molecule has 1 rings (SSSR count). The van der Waals surface area contributed by atoms with E-state index in [-0.39, 0.29) is 0 Å². The van der Waals surface area contributed by atoms with E-state index in [1.54, 1.807) is 51.1 Å². The van der Waals surface area contributed by atoms with E-state index in [0.717, 1.165) is 0 Å². The number of hydrogen-bond donors (Lipinski definition) is 2. The van der Waals surface area contributed by atoms with Gasteiger partial charge in [-0.3, -0.25) is 0 Å². The first-order valence-electron chi connectivity index (χ1n) is 5.57. The average molecular weight is 251 g/mol. The van der Waals surface area contributed by atoms with Gasteiger partial charge < -0.3 is 15.2 Å². The van der Waals surface area contributed by atoms with Crippen LogP contribution in [0.2, 0.25) is 0 Å². The van der Waals surface area contributed by atoms with Crippen molar-refractivity contribution in [2.45, 2.75) is 26.8 Å². The number of amides is 1. The molecule has 0 fully saturated rings. The number of para-hydroxylation sites is 1. The van der Waals surface area contributed by atoms with Crippen LogP contribution in [0.25, 0.3) is 0 Å². The van der Waals surface area contributed by atoms with E-state index >= 15 is 0 Å². The number of hydrogen-bond acceptors (Lipinski definition) is 3. The molecular formula is C13H17NO4. The highest BCUT2D eigenvalue weighted by Crippen LogP contribution is 2.19. The summed E-state index contributed by atoms with van der Waals surface area (Å²) in [5.41, 5.74) is -0.596. The lowest BCUT2D eigenvalue weighted by Gasteiger charge is -2.27. The van der Waals surface area contributed by atoms with Gasteiger partial charge in [0.05, 0.1) is 0 Å². The molecule has 5 nitrogen and oxygen atoms in total. The van der Waals surface area contributed by atoms with Crippen LogP contribution >= 0.6 is 0 Å². The maximum absolute atomic E-state index is 11.6. The normalized spacial score (nSPS) is 12.6. The number of carboxylic acid groups (broad SMARTS) is 1. The third-order valence-corrected chi connectivity index (χ3v) is 2.33. The Morgan fingerprint density at radius 3 is 2.22 bits per heavy atom. The minimum atomic E-state index is -1.09. The van der Waals surface area contributed by atoms with Crippen LogP contribution in [0.15, 0.2) is 30.3 Å². The standard InChI is InChI=1S/C13H17NO4/c1-13(2,3)10(11(15)16)14-12(17)18-9-7-5-4-6-8-9/h4-8,10H,1-3H3,(H,14,17)(H,15,16)/t10-/m0/s1. The topological polar surface area (TPSA) is 75.6 Å². The summed E-state index contributed by atoms with van der Waals surface area (Å²) in [6.45, 7) is 5.19. The van der Waals surface area contributed by atoms with Gasteiger partial charge in [0.1, 0.15) is 11.8 Å². The third kappa shape index (κ3) is 4.08. The largest absolute Gasteiger partial charge is 0.480 e. The fraction of sp³-hybridized carbons (Fsp3) is 0.385. The SMILES string of the molecule is CC(C)(C)[C@@H](NC(=O)Oc1ccccc1)C(=O)O. The smallest absolute Gasteiger partial charge is 0.413 e. The molecule has 1 aromatic carbocycles. The highest BCUT2D eigenvalue weighted by atomic mass is 16.6. The summed E-state index contributed by atoms with van der Waals surface area (Å²) in [4.78, 5) is 22.6. The first kappa shape index (κ1) is 14.0. The monoisotopic (exact) mass is 251 g/mol. The fourth-order valence-corrected chi connectivity index (χ4v) is 1.39. The van der Waals surface area contributed by atoms with Crippen LogP contribution in [0, 0.1) is 5.41 Å². The molecular weight excluding hydrogens is 234 g/mol. The molecule has 0 aliphatic carbocycles. The number of ether oxygens (including phenoxy) is 1. The quantitative estimate of drug-likeness (QED) is 0.864. The summed E-state index contributed by atoms with van der Waals surface area (Å²) in [7, 11) is 0. The molecule has 2 N–H and O–H groups in total. The van der Waals surface area contributed by atoms with Crippen molar-refractivity contribution in [3.05, 3.63) is 30.3 Å². The molecule has 0 bridgehead atoms. The molecule has 5 heteroatoms. The predicted molar refractivity (Wildman–Crippen MR) is 66.5 cm³/mol. The second-order valence-electron chi connectivity index (χ2n) is 4.98. The Hall–Kier alpha value is -2.04. The van der Waals surface area contributed by atoms with Crippen LogP contribution in [0.3, 0.4) is 0 Å². The molecule has 1 atom stereocenters. The van der Waals surface area contributed by atoms with Gasteiger partial charge in [-0.2, -0.15) is 0 Å². The molecule has 0 heterocycles. The maximum Gasteiger partial charge on any atom is 0.413 e. The van der Waals surface area contributed by atoms with E-state index in [1.165, 1.54) is 0 Å². The Morgan fingerprint density at radius 1 is 1.22 bits per heavy atom. The zero-order chi connectivity index (χ0) is 13.8. The van der Waals surface area contributed by atoms with Crippen LogP contribution in [0.4, 0.5) is 4.79 Å². The second kappa shape index (κ2) is 5.53. The van der Waals surface area contributed by atoms with E-state index in [1.807, 2.05) is 0 Å². The first-order chi connectivity index (χ1) is 8.30. The van der Waals surface area contributed by atoms with Crippen molar-refractivity contribution in [3.8, 4) is 5.75 Å². The molecule has 0 radical (unpaired) electrons. The zero-order valence-electron chi connectivity index (χ0n) is 10.6.